The van der Waals surface area contributed by atoms with Crippen molar-refractivity contribution in [3.63, 3.8) is 0 Å². The average Bonchev–Trinajstić information content (AvgIpc) is 3.45. The number of halogens is 1. The molecule has 0 bridgehead atoms. The highest BCUT2D eigenvalue weighted by molar-refractivity contribution is 6.64. The monoisotopic (exact) mass is 477 g/mol. The summed E-state index contributed by atoms with van der Waals surface area (Å²) in [6, 6.07) is 25.3. The molecular formula is C30H25BFNO3. The molecule has 4 nitrogen and oxygen atoms in total. The molecular weight excluding hydrogens is 452 g/mol. The van der Waals surface area contributed by atoms with Crippen LogP contribution in [0.5, 0.6) is 0 Å². The number of hydrogen-bond donors (Lipinski definition) is 0. The van der Waals surface area contributed by atoms with Gasteiger partial charge in [-0.05, 0) is 58.0 Å². The standard InChI is InChI=1S/C30H25BFNO3/c1-29(2)30(3,4)36-31(35-29)22-17-27-21(19-11-6-8-15-26(19)34-27)16-25(22)33-24-14-7-5-10-18(24)20-12-9-13-23(32)28(20)33/h5-17H,1-4H3. The Labute approximate surface area is 208 Å². The van der Waals surface area contributed by atoms with Crippen molar-refractivity contribution in [1.29, 1.82) is 0 Å². The molecule has 6 heteroatoms. The number of nitrogens with zero attached hydrogens (tertiary/aromatic N) is 1. The second kappa shape index (κ2) is 7.22. The molecule has 1 aliphatic rings. The molecule has 3 heterocycles. The Morgan fingerprint density at radius 2 is 1.36 bits per heavy atom. The van der Waals surface area contributed by atoms with Gasteiger partial charge < -0.3 is 18.3 Å². The molecule has 0 aliphatic carbocycles. The van der Waals surface area contributed by atoms with Crippen LogP contribution in [0.4, 0.5) is 4.39 Å². The zero-order valence-corrected chi connectivity index (χ0v) is 20.6. The molecule has 0 N–H and O–H groups in total. The van der Waals surface area contributed by atoms with E-state index in [4.69, 9.17) is 13.7 Å². The SMILES string of the molecule is CC1(C)OB(c2cc3oc4ccccc4c3cc2-n2c3ccccc3c3cccc(F)c32)OC1(C)C. The summed E-state index contributed by atoms with van der Waals surface area (Å²) in [6.07, 6.45) is 0. The summed E-state index contributed by atoms with van der Waals surface area (Å²) >= 11 is 0. The third-order valence-corrected chi connectivity index (χ3v) is 7.92. The van der Waals surface area contributed by atoms with Crippen LogP contribution in [0.3, 0.4) is 0 Å². The van der Waals surface area contributed by atoms with Crippen molar-refractivity contribution in [2.45, 2.75) is 38.9 Å². The smallest absolute Gasteiger partial charge is 0.456 e. The van der Waals surface area contributed by atoms with E-state index in [1.807, 2.05) is 92.9 Å². The van der Waals surface area contributed by atoms with Crippen LogP contribution >= 0.6 is 0 Å². The molecule has 0 atom stereocenters. The first-order valence-electron chi connectivity index (χ1n) is 12.2. The van der Waals surface area contributed by atoms with Crippen LogP contribution in [0.25, 0.3) is 49.4 Å². The normalized spacial score (nSPS) is 17.2. The number of benzene rings is 4. The van der Waals surface area contributed by atoms with Crippen LogP contribution in [-0.2, 0) is 9.31 Å². The Balaban J connectivity index is 1.62. The number of aromatic nitrogens is 1. The predicted octanol–water partition coefficient (Wildman–Crippen LogP) is 7.12. The molecule has 4 aromatic carbocycles. The van der Waals surface area contributed by atoms with E-state index in [1.54, 1.807) is 6.07 Å². The minimum absolute atomic E-state index is 0.277. The van der Waals surface area contributed by atoms with E-state index in [-0.39, 0.29) is 5.82 Å². The Morgan fingerprint density at radius 1 is 0.694 bits per heavy atom. The first-order valence-corrected chi connectivity index (χ1v) is 12.2. The summed E-state index contributed by atoms with van der Waals surface area (Å²) in [4.78, 5) is 0. The topological polar surface area (TPSA) is 36.5 Å². The minimum Gasteiger partial charge on any atom is -0.456 e. The first-order chi connectivity index (χ1) is 17.2. The van der Waals surface area contributed by atoms with Crippen LogP contribution in [0.2, 0.25) is 0 Å². The van der Waals surface area contributed by atoms with Gasteiger partial charge in [0.1, 0.15) is 17.0 Å². The fraction of sp³-hybridized carbons (Fsp3) is 0.200. The third-order valence-electron chi connectivity index (χ3n) is 7.92. The molecule has 0 radical (unpaired) electrons. The third kappa shape index (κ3) is 2.89. The molecule has 0 amide bonds. The molecule has 178 valence electrons. The molecule has 1 saturated heterocycles. The lowest BCUT2D eigenvalue weighted by molar-refractivity contribution is 0.00578. The van der Waals surface area contributed by atoms with E-state index >= 15 is 4.39 Å². The zero-order chi connectivity index (χ0) is 24.8. The van der Waals surface area contributed by atoms with E-state index in [9.17, 15) is 0 Å². The largest absolute Gasteiger partial charge is 0.497 e. The minimum atomic E-state index is -0.648. The lowest BCUT2D eigenvalue weighted by Gasteiger charge is -2.32. The molecule has 2 aromatic heterocycles. The van der Waals surface area contributed by atoms with E-state index in [0.717, 1.165) is 49.4 Å². The lowest BCUT2D eigenvalue weighted by Crippen LogP contribution is -2.41. The van der Waals surface area contributed by atoms with Crippen LogP contribution < -0.4 is 5.46 Å². The highest BCUT2D eigenvalue weighted by atomic mass is 19.1. The Kier molecular flexibility index (Phi) is 4.34. The van der Waals surface area contributed by atoms with Gasteiger partial charge in [-0.2, -0.15) is 0 Å². The molecule has 36 heavy (non-hydrogen) atoms. The van der Waals surface area contributed by atoms with Gasteiger partial charge in [-0.1, -0.05) is 48.5 Å². The summed E-state index contributed by atoms with van der Waals surface area (Å²) in [6.45, 7) is 8.14. The lowest BCUT2D eigenvalue weighted by atomic mass is 9.77. The van der Waals surface area contributed by atoms with Gasteiger partial charge in [0, 0.05) is 32.7 Å². The van der Waals surface area contributed by atoms with Crippen LogP contribution in [0, 0.1) is 5.82 Å². The van der Waals surface area contributed by atoms with E-state index < -0.39 is 18.3 Å². The van der Waals surface area contributed by atoms with Crippen molar-refractivity contribution in [2.24, 2.45) is 0 Å². The van der Waals surface area contributed by atoms with Crippen molar-refractivity contribution in [1.82, 2.24) is 4.57 Å². The van der Waals surface area contributed by atoms with Crippen LogP contribution in [0.15, 0.2) is 83.3 Å². The number of para-hydroxylation sites is 3. The molecule has 0 spiro atoms. The quantitative estimate of drug-likeness (QED) is 0.249. The maximum absolute atomic E-state index is 15.5. The van der Waals surface area contributed by atoms with Crippen LogP contribution in [-0.4, -0.2) is 22.9 Å². The Morgan fingerprint density at radius 3 is 2.14 bits per heavy atom. The summed E-state index contributed by atoms with van der Waals surface area (Å²) < 4.78 is 36.8. The van der Waals surface area contributed by atoms with Crippen molar-refractivity contribution in [3.05, 3.63) is 84.7 Å². The van der Waals surface area contributed by atoms with Gasteiger partial charge in [0.15, 0.2) is 0 Å². The Hall–Kier alpha value is -3.61. The number of furan rings is 1. The maximum Gasteiger partial charge on any atom is 0.497 e. The van der Waals surface area contributed by atoms with Crippen molar-refractivity contribution in [3.8, 4) is 5.69 Å². The molecule has 1 fully saturated rings. The van der Waals surface area contributed by atoms with Crippen LogP contribution in [0.1, 0.15) is 27.7 Å². The van der Waals surface area contributed by atoms with Gasteiger partial charge >= 0.3 is 7.12 Å². The van der Waals surface area contributed by atoms with Gasteiger partial charge in [0.25, 0.3) is 0 Å². The number of rotatable bonds is 2. The molecule has 7 rings (SSSR count). The molecule has 0 unspecified atom stereocenters. The Bertz CT molecular complexity index is 1810. The zero-order valence-electron chi connectivity index (χ0n) is 20.6. The van der Waals surface area contributed by atoms with Crippen molar-refractivity contribution >= 4 is 56.3 Å². The second-order valence-electron chi connectivity index (χ2n) is 10.6. The molecule has 0 saturated carbocycles. The average molecular weight is 477 g/mol. The van der Waals surface area contributed by atoms with Gasteiger partial charge in [-0.3, -0.25) is 0 Å². The van der Waals surface area contributed by atoms with E-state index in [0.29, 0.717) is 5.52 Å². The number of hydrogen-bond acceptors (Lipinski definition) is 3. The van der Waals surface area contributed by atoms with E-state index in [1.165, 1.54) is 6.07 Å². The maximum atomic E-state index is 15.5. The predicted molar refractivity (Wildman–Crippen MR) is 144 cm³/mol. The van der Waals surface area contributed by atoms with E-state index in [2.05, 4.69) is 6.07 Å². The number of fused-ring (bicyclic) bond motifs is 6. The van der Waals surface area contributed by atoms with Gasteiger partial charge in [0.2, 0.25) is 0 Å². The summed E-state index contributed by atoms with van der Waals surface area (Å²) in [7, 11) is -0.648. The molecule has 1 aliphatic heterocycles. The second-order valence-corrected chi connectivity index (χ2v) is 10.6. The molecule has 6 aromatic rings. The van der Waals surface area contributed by atoms with Gasteiger partial charge in [-0.25, -0.2) is 4.39 Å². The summed E-state index contributed by atoms with van der Waals surface area (Å²) in [5.74, 6) is -0.277. The van der Waals surface area contributed by atoms with Gasteiger partial charge in [0.05, 0.1) is 22.2 Å². The fourth-order valence-corrected chi connectivity index (χ4v) is 5.36. The summed E-state index contributed by atoms with van der Waals surface area (Å²) in [5.41, 5.74) is 3.55. The summed E-state index contributed by atoms with van der Waals surface area (Å²) in [5, 5.41) is 3.82. The fourth-order valence-electron chi connectivity index (χ4n) is 5.36. The van der Waals surface area contributed by atoms with Crippen molar-refractivity contribution in [2.75, 3.05) is 0 Å². The highest BCUT2D eigenvalue weighted by Crippen LogP contribution is 2.40. The highest BCUT2D eigenvalue weighted by Gasteiger charge is 2.52. The first kappa shape index (κ1) is 21.7. The van der Waals surface area contributed by atoms with Gasteiger partial charge in [-0.15, -0.1) is 0 Å². The van der Waals surface area contributed by atoms with Crippen molar-refractivity contribution < 1.29 is 18.1 Å².